The zero-order valence-corrected chi connectivity index (χ0v) is 17.8. The number of para-hydroxylation sites is 1. The van der Waals surface area contributed by atoms with Gasteiger partial charge in [0.15, 0.2) is 0 Å². The average molecular weight is 434 g/mol. The fourth-order valence-corrected chi connectivity index (χ4v) is 4.88. The Morgan fingerprint density at radius 2 is 1.97 bits per heavy atom. The third-order valence-corrected chi connectivity index (χ3v) is 6.62. The minimum Gasteiger partial charge on any atom is -0.311 e. The van der Waals surface area contributed by atoms with E-state index in [2.05, 4.69) is 10.3 Å². The number of carbonyl (C=O) groups is 1. The lowest BCUT2D eigenvalue weighted by atomic mass is 10.0. The van der Waals surface area contributed by atoms with Crippen LogP contribution < -0.4 is 10.9 Å². The summed E-state index contributed by atoms with van der Waals surface area (Å²) in [5.41, 5.74) is 1.82. The highest BCUT2D eigenvalue weighted by Crippen LogP contribution is 2.35. The molecular weight excluding hydrogens is 410 g/mol. The van der Waals surface area contributed by atoms with Gasteiger partial charge in [-0.2, -0.15) is 5.10 Å². The number of aryl methyl sites for hydroxylation is 1. The van der Waals surface area contributed by atoms with Crippen LogP contribution in [-0.4, -0.2) is 25.2 Å². The summed E-state index contributed by atoms with van der Waals surface area (Å²) in [5, 5.41) is 10.3. The van der Waals surface area contributed by atoms with Gasteiger partial charge in [-0.1, -0.05) is 31.0 Å². The predicted octanol–water partition coefficient (Wildman–Crippen LogP) is 4.33. The molecule has 0 radical (unpaired) electrons. The number of hydrogen-bond donors (Lipinski definition) is 1. The molecule has 1 aliphatic carbocycles. The van der Waals surface area contributed by atoms with Gasteiger partial charge in [-0.3, -0.25) is 14.2 Å². The van der Waals surface area contributed by atoms with Crippen molar-refractivity contribution in [2.75, 3.05) is 5.32 Å². The third-order valence-electron chi connectivity index (χ3n) is 5.80. The van der Waals surface area contributed by atoms with E-state index in [-0.39, 0.29) is 24.4 Å². The Morgan fingerprint density at radius 1 is 1.16 bits per heavy atom. The molecule has 7 nitrogen and oxygen atoms in total. The van der Waals surface area contributed by atoms with Gasteiger partial charge in [0.1, 0.15) is 10.6 Å². The molecule has 0 aliphatic heterocycles. The van der Waals surface area contributed by atoms with E-state index in [1.54, 1.807) is 10.7 Å². The topological polar surface area (TPSA) is 81.8 Å². The van der Waals surface area contributed by atoms with Crippen LogP contribution >= 0.6 is 11.3 Å². The Balaban J connectivity index is 1.35. The summed E-state index contributed by atoms with van der Waals surface area (Å²) < 4.78 is 3.30. The number of benzene rings is 1. The molecule has 1 aliphatic rings. The number of anilines is 1. The molecule has 1 saturated carbocycles. The molecule has 3 aromatic heterocycles. The average Bonchev–Trinajstić information content (AvgIpc) is 3.54. The van der Waals surface area contributed by atoms with Gasteiger partial charge < -0.3 is 5.32 Å². The Kier molecular flexibility index (Phi) is 5.38. The second-order valence-corrected chi connectivity index (χ2v) is 8.76. The summed E-state index contributed by atoms with van der Waals surface area (Å²) >= 11 is 1.44. The lowest BCUT2D eigenvalue weighted by molar-refractivity contribution is -0.116. The van der Waals surface area contributed by atoms with E-state index in [1.807, 2.05) is 41.8 Å². The van der Waals surface area contributed by atoms with Crippen LogP contribution in [0.5, 0.6) is 0 Å². The lowest BCUT2D eigenvalue weighted by Gasteiger charge is -2.09. The van der Waals surface area contributed by atoms with Crippen LogP contribution in [-0.2, 0) is 11.3 Å². The van der Waals surface area contributed by atoms with Gasteiger partial charge in [0.05, 0.1) is 23.1 Å². The molecule has 1 N–H and O–H groups in total. The molecule has 0 unspecified atom stereocenters. The summed E-state index contributed by atoms with van der Waals surface area (Å²) in [6.45, 7) is 0.276. The molecule has 1 fully saturated rings. The number of nitrogens with zero attached hydrogens (tertiary/aromatic N) is 4. The number of amides is 1. The summed E-state index contributed by atoms with van der Waals surface area (Å²) in [4.78, 5) is 30.3. The van der Waals surface area contributed by atoms with Crippen molar-refractivity contribution in [3.63, 3.8) is 0 Å². The zero-order chi connectivity index (χ0) is 21.2. The van der Waals surface area contributed by atoms with E-state index in [0.717, 1.165) is 29.1 Å². The SMILES string of the molecule is O=C(CCn1cnc2sccc2c1=O)Nc1cc(C2CCCC2)nn1-c1ccccc1. The van der Waals surface area contributed by atoms with Crippen molar-refractivity contribution in [2.24, 2.45) is 0 Å². The van der Waals surface area contributed by atoms with Crippen molar-refractivity contribution in [2.45, 2.75) is 44.6 Å². The van der Waals surface area contributed by atoms with E-state index < -0.39 is 0 Å². The normalized spacial score (nSPS) is 14.3. The van der Waals surface area contributed by atoms with Crippen LogP contribution in [0.3, 0.4) is 0 Å². The Hall–Kier alpha value is -3.26. The van der Waals surface area contributed by atoms with Crippen molar-refractivity contribution < 1.29 is 4.79 Å². The smallest absolute Gasteiger partial charge is 0.262 e. The zero-order valence-electron chi connectivity index (χ0n) is 17.0. The first kappa shape index (κ1) is 19.7. The van der Waals surface area contributed by atoms with E-state index in [0.29, 0.717) is 17.1 Å². The monoisotopic (exact) mass is 433 g/mol. The Bertz CT molecular complexity index is 1270. The molecular formula is C23H23N5O2S. The largest absolute Gasteiger partial charge is 0.311 e. The summed E-state index contributed by atoms with van der Waals surface area (Å²) in [7, 11) is 0. The van der Waals surface area contributed by atoms with E-state index >= 15 is 0 Å². The van der Waals surface area contributed by atoms with Gasteiger partial charge in [0.25, 0.3) is 5.56 Å². The van der Waals surface area contributed by atoms with E-state index in [1.165, 1.54) is 35.1 Å². The van der Waals surface area contributed by atoms with Crippen molar-refractivity contribution >= 4 is 33.3 Å². The Morgan fingerprint density at radius 3 is 2.77 bits per heavy atom. The number of nitrogens with one attached hydrogen (secondary N) is 1. The number of rotatable bonds is 6. The maximum absolute atomic E-state index is 12.7. The van der Waals surface area contributed by atoms with Gasteiger partial charge in [-0.25, -0.2) is 9.67 Å². The molecule has 1 aromatic carbocycles. The molecule has 31 heavy (non-hydrogen) atoms. The summed E-state index contributed by atoms with van der Waals surface area (Å²) in [6, 6.07) is 13.6. The number of aromatic nitrogens is 4. The van der Waals surface area contributed by atoms with Crippen molar-refractivity contribution in [1.29, 1.82) is 0 Å². The highest BCUT2D eigenvalue weighted by Gasteiger charge is 2.22. The van der Waals surface area contributed by atoms with E-state index in [4.69, 9.17) is 5.10 Å². The first-order valence-electron chi connectivity index (χ1n) is 10.6. The van der Waals surface area contributed by atoms with Crippen LogP contribution in [0.1, 0.15) is 43.7 Å². The third kappa shape index (κ3) is 4.03. The van der Waals surface area contributed by atoms with Crippen LogP contribution in [0.4, 0.5) is 5.82 Å². The molecule has 1 amide bonds. The van der Waals surface area contributed by atoms with Gasteiger partial charge in [0.2, 0.25) is 5.91 Å². The van der Waals surface area contributed by atoms with Gasteiger partial charge in [-0.05, 0) is 36.4 Å². The highest BCUT2D eigenvalue weighted by atomic mass is 32.1. The molecule has 0 bridgehead atoms. The van der Waals surface area contributed by atoms with Crippen LogP contribution in [0, 0.1) is 0 Å². The standard InChI is InChI=1S/C23H23N5O2S/c29-21(10-12-27-15-24-22-18(23(27)30)11-13-31-22)25-20-14-19(16-6-4-5-7-16)26-28(20)17-8-2-1-3-9-17/h1-3,8-9,11,13-16H,4-7,10,12H2,(H,25,29). The fraction of sp³-hybridized carbons (Fsp3) is 0.304. The predicted molar refractivity (Wildman–Crippen MR) is 122 cm³/mol. The number of carbonyl (C=O) groups excluding carboxylic acids is 1. The second kappa shape index (κ2) is 8.47. The molecule has 0 saturated heterocycles. The van der Waals surface area contributed by atoms with Crippen molar-refractivity contribution in [3.05, 3.63) is 70.2 Å². The summed E-state index contributed by atoms with van der Waals surface area (Å²) in [5.74, 6) is 0.951. The maximum atomic E-state index is 12.7. The Labute approximate surface area is 183 Å². The first-order valence-corrected chi connectivity index (χ1v) is 11.4. The molecule has 158 valence electrons. The van der Waals surface area contributed by atoms with Crippen LogP contribution in [0.25, 0.3) is 15.9 Å². The quantitative estimate of drug-likeness (QED) is 0.491. The number of fused-ring (bicyclic) bond motifs is 1. The number of thiophene rings is 1. The molecule has 4 aromatic rings. The lowest BCUT2D eigenvalue weighted by Crippen LogP contribution is -2.23. The fourth-order valence-electron chi connectivity index (χ4n) is 4.16. The van der Waals surface area contributed by atoms with Gasteiger partial charge in [0, 0.05) is 24.9 Å². The molecule has 8 heteroatoms. The summed E-state index contributed by atoms with van der Waals surface area (Å²) in [6.07, 6.45) is 6.42. The molecule has 0 atom stereocenters. The first-order chi connectivity index (χ1) is 15.2. The minimum absolute atomic E-state index is 0.114. The van der Waals surface area contributed by atoms with Crippen LogP contribution in [0.15, 0.2) is 59.0 Å². The molecule has 0 spiro atoms. The van der Waals surface area contributed by atoms with Crippen molar-refractivity contribution in [3.8, 4) is 5.69 Å². The second-order valence-electron chi connectivity index (χ2n) is 7.86. The molecule has 3 heterocycles. The number of hydrogen-bond acceptors (Lipinski definition) is 5. The minimum atomic E-state index is -0.160. The van der Waals surface area contributed by atoms with Gasteiger partial charge in [-0.15, -0.1) is 11.3 Å². The van der Waals surface area contributed by atoms with Gasteiger partial charge >= 0.3 is 0 Å². The maximum Gasteiger partial charge on any atom is 0.262 e. The van der Waals surface area contributed by atoms with Crippen molar-refractivity contribution in [1.82, 2.24) is 19.3 Å². The molecule has 5 rings (SSSR count). The van der Waals surface area contributed by atoms with Crippen LogP contribution in [0.2, 0.25) is 0 Å². The highest BCUT2D eigenvalue weighted by molar-refractivity contribution is 7.16. The van der Waals surface area contributed by atoms with E-state index in [9.17, 15) is 9.59 Å².